The zero-order valence-electron chi connectivity index (χ0n) is 13.9. The number of aliphatic carboxylic acids is 1. The summed E-state index contributed by atoms with van der Waals surface area (Å²) in [4.78, 5) is 25.4. The Hall–Kier alpha value is -1.59. The van der Waals surface area contributed by atoms with Gasteiger partial charge in [0.15, 0.2) is 5.78 Å². The number of carbonyl (C=O) groups excluding carboxylic acids is 1. The maximum Gasteiger partial charge on any atom is 0.311 e. The minimum Gasteiger partial charge on any atom is -0.491 e. The normalized spacial score (nSPS) is 25.8. The predicted molar refractivity (Wildman–Crippen MR) is 93.0 cm³/mol. The first-order valence-corrected chi connectivity index (χ1v) is 8.21. The molecular weight excluding hydrogens is 330 g/mol. The van der Waals surface area contributed by atoms with Crippen molar-refractivity contribution in [3.63, 3.8) is 0 Å². The highest BCUT2D eigenvalue weighted by Crippen LogP contribution is 2.48. The largest absolute Gasteiger partial charge is 0.491 e. The Kier molecular flexibility index (Phi) is 5.88. The summed E-state index contributed by atoms with van der Waals surface area (Å²) in [6.45, 7) is 4.14. The molecule has 132 valence electrons. The van der Waals surface area contributed by atoms with Crippen molar-refractivity contribution in [2.45, 2.75) is 26.2 Å². The third-order valence-electron chi connectivity index (χ3n) is 5.30. The number of hydrogen-bond acceptors (Lipinski definition) is 4. The fraction of sp³-hybridized carbons (Fsp3) is 0.556. The quantitative estimate of drug-likeness (QED) is 0.796. The highest BCUT2D eigenvalue weighted by Gasteiger charge is 2.54. The molecule has 1 saturated heterocycles. The van der Waals surface area contributed by atoms with Crippen LogP contribution in [0.5, 0.6) is 5.75 Å². The van der Waals surface area contributed by atoms with Gasteiger partial charge in [-0.05, 0) is 37.8 Å². The number of hydrogen-bond donors (Lipinski definition) is 1. The van der Waals surface area contributed by atoms with Crippen LogP contribution in [0.25, 0.3) is 0 Å². The molecule has 1 aliphatic heterocycles. The van der Waals surface area contributed by atoms with Gasteiger partial charge in [0.25, 0.3) is 0 Å². The van der Waals surface area contributed by atoms with Gasteiger partial charge in [-0.1, -0.05) is 18.6 Å². The Morgan fingerprint density at radius 1 is 1.38 bits per heavy atom. The number of rotatable bonds is 6. The molecule has 1 aliphatic carbocycles. The molecular formula is C18H24ClNO4. The Labute approximate surface area is 148 Å². The summed E-state index contributed by atoms with van der Waals surface area (Å²) in [5.74, 6) is 0.211. The predicted octanol–water partition coefficient (Wildman–Crippen LogP) is 2.88. The Morgan fingerprint density at radius 3 is 2.79 bits per heavy atom. The lowest BCUT2D eigenvalue weighted by Gasteiger charge is -2.23. The number of fused-ring (bicyclic) bond motifs is 1. The van der Waals surface area contributed by atoms with E-state index in [1.54, 1.807) is 12.1 Å². The van der Waals surface area contributed by atoms with Gasteiger partial charge in [0.1, 0.15) is 12.4 Å². The summed E-state index contributed by atoms with van der Waals surface area (Å²) in [6, 6.07) is 7.23. The fourth-order valence-corrected chi connectivity index (χ4v) is 4.08. The van der Waals surface area contributed by atoms with Crippen molar-refractivity contribution in [2.75, 3.05) is 26.2 Å². The van der Waals surface area contributed by atoms with Gasteiger partial charge < -0.3 is 9.84 Å². The van der Waals surface area contributed by atoms with E-state index in [-0.39, 0.29) is 24.1 Å². The summed E-state index contributed by atoms with van der Waals surface area (Å²) in [7, 11) is 0. The van der Waals surface area contributed by atoms with E-state index < -0.39 is 11.4 Å². The lowest BCUT2D eigenvalue weighted by atomic mass is 9.81. The van der Waals surface area contributed by atoms with E-state index in [2.05, 4.69) is 4.90 Å². The first-order chi connectivity index (χ1) is 11.0. The molecule has 6 heteroatoms. The second-order valence-electron chi connectivity index (χ2n) is 6.69. The van der Waals surface area contributed by atoms with Crippen LogP contribution in [0.3, 0.4) is 0 Å². The second-order valence-corrected chi connectivity index (χ2v) is 6.69. The first-order valence-electron chi connectivity index (χ1n) is 8.21. The summed E-state index contributed by atoms with van der Waals surface area (Å²) in [5.41, 5.74) is 0.0462. The van der Waals surface area contributed by atoms with E-state index in [4.69, 9.17) is 4.74 Å². The number of para-hydroxylation sites is 1. The number of ketones is 1. The molecule has 3 rings (SSSR count). The summed E-state index contributed by atoms with van der Waals surface area (Å²) >= 11 is 0. The topological polar surface area (TPSA) is 66.8 Å². The fourth-order valence-electron chi connectivity index (χ4n) is 4.08. The maximum absolute atomic E-state index is 11.7. The van der Waals surface area contributed by atoms with Crippen LogP contribution in [-0.2, 0) is 4.79 Å². The molecule has 2 atom stereocenters. The van der Waals surface area contributed by atoms with Crippen molar-refractivity contribution in [1.29, 1.82) is 0 Å². The van der Waals surface area contributed by atoms with Crippen LogP contribution in [0.1, 0.15) is 36.5 Å². The van der Waals surface area contributed by atoms with Crippen LogP contribution in [0.4, 0.5) is 0 Å². The third-order valence-corrected chi connectivity index (χ3v) is 5.30. The lowest BCUT2D eigenvalue weighted by Crippen LogP contribution is -2.36. The van der Waals surface area contributed by atoms with Gasteiger partial charge in [-0.3, -0.25) is 14.5 Å². The number of benzene rings is 1. The molecule has 0 unspecified atom stereocenters. The maximum atomic E-state index is 11.7. The van der Waals surface area contributed by atoms with E-state index in [0.717, 1.165) is 25.8 Å². The van der Waals surface area contributed by atoms with Crippen molar-refractivity contribution in [1.82, 2.24) is 4.90 Å². The minimum atomic E-state index is -0.648. The van der Waals surface area contributed by atoms with Crippen LogP contribution in [-0.4, -0.2) is 48.0 Å². The lowest BCUT2D eigenvalue weighted by molar-refractivity contribution is -0.149. The van der Waals surface area contributed by atoms with Crippen molar-refractivity contribution in [3.05, 3.63) is 29.8 Å². The smallest absolute Gasteiger partial charge is 0.311 e. The number of Topliss-reactive ketones (excluding diaryl/α,β-unsaturated/α-hetero) is 1. The SMILES string of the molecule is CC(=O)c1ccccc1OCCN1C[C@@H]2CCC[C@@]2(C(=O)O)C1.Cl. The molecule has 0 spiro atoms. The van der Waals surface area contributed by atoms with Crippen LogP contribution in [0, 0.1) is 11.3 Å². The molecule has 0 radical (unpaired) electrons. The summed E-state index contributed by atoms with van der Waals surface area (Å²) in [5, 5.41) is 9.60. The number of carbonyl (C=O) groups is 2. The molecule has 0 bridgehead atoms. The van der Waals surface area contributed by atoms with Gasteiger partial charge in [-0.15, -0.1) is 12.4 Å². The van der Waals surface area contributed by atoms with Crippen molar-refractivity contribution in [2.24, 2.45) is 11.3 Å². The standard InChI is InChI=1S/C18H23NO4.ClH/c1-13(20)15-6-2-3-7-16(15)23-10-9-19-11-14-5-4-8-18(14,12-19)17(21)22;/h2-3,6-7,14H,4-5,8-12H2,1H3,(H,21,22);1H/t14-,18+;/m0./s1. The Bertz CT molecular complexity index is 621. The molecule has 24 heavy (non-hydrogen) atoms. The Morgan fingerprint density at radius 2 is 2.12 bits per heavy atom. The molecule has 0 amide bonds. The highest BCUT2D eigenvalue weighted by molar-refractivity contribution is 5.96. The van der Waals surface area contributed by atoms with Crippen LogP contribution < -0.4 is 4.74 Å². The van der Waals surface area contributed by atoms with Crippen LogP contribution >= 0.6 is 12.4 Å². The molecule has 2 fully saturated rings. The number of nitrogens with zero attached hydrogens (tertiary/aromatic N) is 1. The second kappa shape index (κ2) is 7.53. The average Bonchev–Trinajstić information content (AvgIpc) is 3.05. The van der Waals surface area contributed by atoms with Crippen LogP contribution in [0.15, 0.2) is 24.3 Å². The van der Waals surface area contributed by atoms with Crippen molar-refractivity contribution in [3.8, 4) is 5.75 Å². The third kappa shape index (κ3) is 3.42. The molecule has 1 aromatic carbocycles. The van der Waals surface area contributed by atoms with E-state index >= 15 is 0 Å². The van der Waals surface area contributed by atoms with Gasteiger partial charge in [0.05, 0.1) is 11.0 Å². The first kappa shape index (κ1) is 18.7. The molecule has 1 aromatic rings. The number of carboxylic acid groups (broad SMARTS) is 1. The van der Waals surface area contributed by atoms with Gasteiger partial charge in [-0.2, -0.15) is 0 Å². The van der Waals surface area contributed by atoms with Crippen molar-refractivity contribution < 1.29 is 19.4 Å². The minimum absolute atomic E-state index is 0. The van der Waals surface area contributed by atoms with E-state index in [1.807, 2.05) is 12.1 Å². The van der Waals surface area contributed by atoms with Gasteiger partial charge >= 0.3 is 5.97 Å². The summed E-state index contributed by atoms with van der Waals surface area (Å²) in [6.07, 6.45) is 2.82. The number of ether oxygens (including phenoxy) is 1. The molecule has 1 heterocycles. The number of likely N-dealkylation sites (tertiary alicyclic amines) is 1. The number of halogens is 1. The Balaban J connectivity index is 0.00000208. The van der Waals surface area contributed by atoms with Crippen molar-refractivity contribution >= 4 is 24.2 Å². The molecule has 1 saturated carbocycles. The molecule has 2 aliphatic rings. The van der Waals surface area contributed by atoms with Gasteiger partial charge in [0, 0.05) is 19.6 Å². The number of carboxylic acids is 1. The zero-order chi connectivity index (χ0) is 16.4. The van der Waals surface area contributed by atoms with E-state index in [0.29, 0.717) is 31.0 Å². The van der Waals surface area contributed by atoms with Gasteiger partial charge in [0.2, 0.25) is 0 Å². The molecule has 5 nitrogen and oxygen atoms in total. The molecule has 1 N–H and O–H groups in total. The molecule has 0 aromatic heterocycles. The van der Waals surface area contributed by atoms with E-state index in [1.165, 1.54) is 6.92 Å². The van der Waals surface area contributed by atoms with E-state index in [9.17, 15) is 14.7 Å². The summed E-state index contributed by atoms with van der Waals surface area (Å²) < 4.78 is 5.77. The highest BCUT2D eigenvalue weighted by atomic mass is 35.5. The average molecular weight is 354 g/mol. The monoisotopic (exact) mass is 353 g/mol. The van der Waals surface area contributed by atoms with Gasteiger partial charge in [-0.25, -0.2) is 0 Å². The zero-order valence-corrected chi connectivity index (χ0v) is 14.7. The van der Waals surface area contributed by atoms with Crippen LogP contribution in [0.2, 0.25) is 0 Å².